The molecular formula is C12H22N2O. The van der Waals surface area contributed by atoms with Crippen molar-refractivity contribution in [3.63, 3.8) is 0 Å². The van der Waals surface area contributed by atoms with E-state index in [2.05, 4.69) is 38.3 Å². The summed E-state index contributed by atoms with van der Waals surface area (Å²) in [6.07, 6.45) is 0. The van der Waals surface area contributed by atoms with Crippen molar-refractivity contribution in [1.29, 1.82) is 0 Å². The van der Waals surface area contributed by atoms with Crippen LogP contribution in [0, 0.1) is 19.8 Å². The molecule has 3 heteroatoms. The van der Waals surface area contributed by atoms with Gasteiger partial charge in [-0.15, -0.1) is 0 Å². The summed E-state index contributed by atoms with van der Waals surface area (Å²) < 4.78 is 2.32. The zero-order valence-electron chi connectivity index (χ0n) is 10.4. The van der Waals surface area contributed by atoms with E-state index in [0.717, 1.165) is 6.54 Å². The topological polar surface area (TPSA) is 28.4 Å². The van der Waals surface area contributed by atoms with E-state index in [9.17, 15) is 5.21 Å². The van der Waals surface area contributed by atoms with E-state index in [0.29, 0.717) is 12.5 Å². The van der Waals surface area contributed by atoms with Gasteiger partial charge in [0.25, 0.3) is 0 Å². The van der Waals surface area contributed by atoms with Gasteiger partial charge in [-0.2, -0.15) is 5.06 Å². The highest BCUT2D eigenvalue weighted by molar-refractivity contribution is 5.26. The first-order valence-corrected chi connectivity index (χ1v) is 5.47. The number of hydrogen-bond acceptors (Lipinski definition) is 2. The summed E-state index contributed by atoms with van der Waals surface area (Å²) in [5, 5.41) is 10.5. The molecule has 0 unspecified atom stereocenters. The van der Waals surface area contributed by atoms with Crippen LogP contribution >= 0.6 is 0 Å². The number of hydroxylamine groups is 2. The molecule has 1 aromatic rings. The van der Waals surface area contributed by atoms with Gasteiger partial charge in [-0.05, 0) is 31.4 Å². The molecule has 86 valence electrons. The molecule has 0 aliphatic rings. The molecule has 0 aliphatic carbocycles. The SMILES string of the molecule is Cc1cc(CN(C)O)c(C)n1CC(C)C. The molecule has 1 heterocycles. The third-order valence-electron chi connectivity index (χ3n) is 2.63. The average molecular weight is 210 g/mol. The molecule has 0 fully saturated rings. The van der Waals surface area contributed by atoms with Crippen LogP contribution in [0.1, 0.15) is 30.8 Å². The zero-order valence-corrected chi connectivity index (χ0v) is 10.4. The van der Waals surface area contributed by atoms with Crippen LogP contribution in [0.5, 0.6) is 0 Å². The van der Waals surface area contributed by atoms with Crippen LogP contribution in [-0.2, 0) is 13.1 Å². The Morgan fingerprint density at radius 2 is 2.00 bits per heavy atom. The van der Waals surface area contributed by atoms with Crippen molar-refractivity contribution in [1.82, 2.24) is 9.63 Å². The van der Waals surface area contributed by atoms with Crippen molar-refractivity contribution < 1.29 is 5.21 Å². The molecule has 0 atom stereocenters. The molecule has 0 spiro atoms. The van der Waals surface area contributed by atoms with E-state index in [-0.39, 0.29) is 0 Å². The quantitative estimate of drug-likeness (QED) is 0.774. The number of rotatable bonds is 4. The van der Waals surface area contributed by atoms with E-state index < -0.39 is 0 Å². The van der Waals surface area contributed by atoms with Gasteiger partial charge < -0.3 is 9.77 Å². The average Bonchev–Trinajstić information content (AvgIpc) is 2.31. The van der Waals surface area contributed by atoms with Crippen LogP contribution in [0.15, 0.2) is 6.07 Å². The Balaban J connectivity index is 2.93. The van der Waals surface area contributed by atoms with E-state index in [1.807, 2.05) is 0 Å². The minimum atomic E-state index is 0.595. The Morgan fingerprint density at radius 1 is 1.40 bits per heavy atom. The third kappa shape index (κ3) is 3.08. The standard InChI is InChI=1S/C12H22N2O/c1-9(2)7-14-10(3)6-12(11(14)4)8-13(5)15/h6,9,15H,7-8H2,1-5H3. The van der Waals surface area contributed by atoms with Crippen LogP contribution in [0.25, 0.3) is 0 Å². The van der Waals surface area contributed by atoms with Gasteiger partial charge in [0.2, 0.25) is 0 Å². The van der Waals surface area contributed by atoms with Gasteiger partial charge in [-0.1, -0.05) is 13.8 Å². The van der Waals surface area contributed by atoms with Gasteiger partial charge >= 0.3 is 0 Å². The molecule has 0 radical (unpaired) electrons. The molecule has 0 aromatic carbocycles. The van der Waals surface area contributed by atoms with Crippen LogP contribution in [0.4, 0.5) is 0 Å². The predicted octanol–water partition coefficient (Wildman–Crippen LogP) is 2.58. The Hall–Kier alpha value is -0.800. The lowest BCUT2D eigenvalue weighted by Gasteiger charge is -2.13. The highest BCUT2D eigenvalue weighted by atomic mass is 16.5. The van der Waals surface area contributed by atoms with Crippen molar-refractivity contribution in [2.45, 2.75) is 40.8 Å². The minimum absolute atomic E-state index is 0.595. The molecule has 15 heavy (non-hydrogen) atoms. The van der Waals surface area contributed by atoms with Gasteiger partial charge in [-0.25, -0.2) is 0 Å². The van der Waals surface area contributed by atoms with Crippen LogP contribution in [-0.4, -0.2) is 21.9 Å². The fourth-order valence-electron chi connectivity index (χ4n) is 1.93. The van der Waals surface area contributed by atoms with Gasteiger partial charge in [0.15, 0.2) is 0 Å². The Morgan fingerprint density at radius 3 is 2.47 bits per heavy atom. The number of hydrogen-bond donors (Lipinski definition) is 1. The van der Waals surface area contributed by atoms with Crippen LogP contribution in [0.2, 0.25) is 0 Å². The van der Waals surface area contributed by atoms with Gasteiger partial charge in [0.1, 0.15) is 0 Å². The first-order chi connectivity index (χ1) is 6.91. The summed E-state index contributed by atoms with van der Waals surface area (Å²) in [7, 11) is 1.68. The molecule has 1 aromatic heterocycles. The molecule has 3 nitrogen and oxygen atoms in total. The number of nitrogens with zero attached hydrogens (tertiary/aromatic N) is 2. The summed E-state index contributed by atoms with van der Waals surface area (Å²) in [6.45, 7) is 10.3. The normalized spacial score (nSPS) is 11.7. The van der Waals surface area contributed by atoms with E-state index in [1.165, 1.54) is 22.0 Å². The summed E-state index contributed by atoms with van der Waals surface area (Å²) in [5.41, 5.74) is 3.75. The van der Waals surface area contributed by atoms with Gasteiger partial charge in [0, 0.05) is 25.0 Å². The number of aryl methyl sites for hydroxylation is 1. The van der Waals surface area contributed by atoms with Crippen LogP contribution in [0.3, 0.4) is 0 Å². The highest BCUT2D eigenvalue weighted by Crippen LogP contribution is 2.17. The molecule has 1 N–H and O–H groups in total. The molecular weight excluding hydrogens is 188 g/mol. The molecule has 0 aliphatic heterocycles. The lowest BCUT2D eigenvalue weighted by Crippen LogP contribution is -2.13. The minimum Gasteiger partial charge on any atom is -0.349 e. The summed E-state index contributed by atoms with van der Waals surface area (Å²) in [5.74, 6) is 0.648. The zero-order chi connectivity index (χ0) is 11.6. The maximum atomic E-state index is 9.24. The fraction of sp³-hybridized carbons (Fsp3) is 0.667. The Bertz CT molecular complexity index is 327. The first-order valence-electron chi connectivity index (χ1n) is 5.47. The lowest BCUT2D eigenvalue weighted by molar-refractivity contribution is -0.0733. The summed E-state index contributed by atoms with van der Waals surface area (Å²) >= 11 is 0. The van der Waals surface area contributed by atoms with Crippen molar-refractivity contribution in [3.05, 3.63) is 23.0 Å². The largest absolute Gasteiger partial charge is 0.349 e. The van der Waals surface area contributed by atoms with Crippen molar-refractivity contribution in [2.75, 3.05) is 7.05 Å². The summed E-state index contributed by atoms with van der Waals surface area (Å²) in [4.78, 5) is 0. The van der Waals surface area contributed by atoms with E-state index in [1.54, 1.807) is 7.05 Å². The molecule has 1 rings (SSSR count). The molecule has 0 saturated heterocycles. The molecule has 0 saturated carbocycles. The maximum absolute atomic E-state index is 9.24. The lowest BCUT2D eigenvalue weighted by atomic mass is 10.2. The predicted molar refractivity (Wildman–Crippen MR) is 62.0 cm³/mol. The van der Waals surface area contributed by atoms with Crippen molar-refractivity contribution in [3.8, 4) is 0 Å². The Labute approximate surface area is 92.3 Å². The van der Waals surface area contributed by atoms with E-state index >= 15 is 0 Å². The highest BCUT2D eigenvalue weighted by Gasteiger charge is 2.10. The second-order valence-corrected chi connectivity index (χ2v) is 4.72. The van der Waals surface area contributed by atoms with Crippen molar-refractivity contribution in [2.24, 2.45) is 5.92 Å². The van der Waals surface area contributed by atoms with Gasteiger partial charge in [-0.3, -0.25) is 0 Å². The summed E-state index contributed by atoms with van der Waals surface area (Å²) in [6, 6.07) is 2.16. The molecule has 0 amide bonds. The second-order valence-electron chi connectivity index (χ2n) is 4.72. The monoisotopic (exact) mass is 210 g/mol. The Kier molecular flexibility index (Phi) is 3.94. The first kappa shape index (κ1) is 12.3. The van der Waals surface area contributed by atoms with Gasteiger partial charge in [0.05, 0.1) is 6.54 Å². The van der Waals surface area contributed by atoms with E-state index in [4.69, 9.17) is 0 Å². The fourth-order valence-corrected chi connectivity index (χ4v) is 1.93. The maximum Gasteiger partial charge on any atom is 0.0503 e. The number of aromatic nitrogens is 1. The smallest absolute Gasteiger partial charge is 0.0503 e. The third-order valence-corrected chi connectivity index (χ3v) is 2.63. The second kappa shape index (κ2) is 4.81. The molecule has 0 bridgehead atoms. The van der Waals surface area contributed by atoms with Crippen LogP contribution < -0.4 is 0 Å². The van der Waals surface area contributed by atoms with Crippen molar-refractivity contribution >= 4 is 0 Å².